The van der Waals surface area contributed by atoms with E-state index >= 15 is 0 Å². The van der Waals surface area contributed by atoms with Crippen molar-refractivity contribution in [1.29, 1.82) is 0 Å². The molecule has 7 heteroatoms. The maximum absolute atomic E-state index is 12.3. The molecular weight excluding hydrogens is 308 g/mol. The highest BCUT2D eigenvalue weighted by Crippen LogP contribution is 2.24. The van der Waals surface area contributed by atoms with Crippen molar-refractivity contribution in [2.24, 2.45) is 5.92 Å². The van der Waals surface area contributed by atoms with E-state index in [0.717, 1.165) is 35.7 Å². The lowest BCUT2D eigenvalue weighted by atomic mass is 9.99. The van der Waals surface area contributed by atoms with E-state index in [1.807, 2.05) is 13.8 Å². The van der Waals surface area contributed by atoms with Crippen LogP contribution in [0.5, 0.6) is 0 Å². The predicted octanol–water partition coefficient (Wildman–Crippen LogP) is 1.35. The standard InChI is InChI=1S/C14H24N2O3S2/c1-11-8-14(12(2)20-11)21(18,19)15-5-7-16-6-3-4-13(9-16)10-17/h8,13,15,17H,3-7,9-10H2,1-2H3/t13-/m0/s1. The minimum atomic E-state index is -3.41. The first kappa shape index (κ1) is 16.9. The van der Waals surface area contributed by atoms with Crippen molar-refractivity contribution in [3.05, 3.63) is 15.8 Å². The van der Waals surface area contributed by atoms with Crippen molar-refractivity contribution >= 4 is 21.4 Å². The van der Waals surface area contributed by atoms with Gasteiger partial charge in [-0.15, -0.1) is 11.3 Å². The number of aryl methyl sites for hydroxylation is 2. The zero-order chi connectivity index (χ0) is 15.5. The molecule has 5 nitrogen and oxygen atoms in total. The van der Waals surface area contributed by atoms with E-state index in [1.165, 1.54) is 11.3 Å². The molecule has 1 aromatic rings. The molecule has 2 rings (SSSR count). The van der Waals surface area contributed by atoms with E-state index in [-0.39, 0.29) is 6.61 Å². The molecule has 0 amide bonds. The van der Waals surface area contributed by atoms with Gasteiger partial charge in [-0.1, -0.05) is 0 Å². The second kappa shape index (κ2) is 7.19. The maximum Gasteiger partial charge on any atom is 0.241 e. The van der Waals surface area contributed by atoms with Crippen LogP contribution in [0.15, 0.2) is 11.0 Å². The van der Waals surface area contributed by atoms with Crippen LogP contribution in [0.3, 0.4) is 0 Å². The summed E-state index contributed by atoms with van der Waals surface area (Å²) in [5.74, 6) is 0.331. The number of hydrogen-bond donors (Lipinski definition) is 2. The van der Waals surface area contributed by atoms with Gasteiger partial charge >= 0.3 is 0 Å². The maximum atomic E-state index is 12.3. The van der Waals surface area contributed by atoms with Crippen molar-refractivity contribution in [1.82, 2.24) is 9.62 Å². The minimum absolute atomic E-state index is 0.218. The molecule has 120 valence electrons. The summed E-state index contributed by atoms with van der Waals surface area (Å²) in [6.07, 6.45) is 2.13. The minimum Gasteiger partial charge on any atom is -0.396 e. The second-order valence-electron chi connectivity index (χ2n) is 5.67. The lowest BCUT2D eigenvalue weighted by Gasteiger charge is -2.31. The van der Waals surface area contributed by atoms with Gasteiger partial charge in [-0.05, 0) is 45.2 Å². The van der Waals surface area contributed by atoms with E-state index in [9.17, 15) is 13.5 Å². The molecule has 0 aromatic carbocycles. The quantitative estimate of drug-likeness (QED) is 0.825. The number of hydrogen-bond acceptors (Lipinski definition) is 5. The van der Waals surface area contributed by atoms with Crippen molar-refractivity contribution in [2.45, 2.75) is 31.6 Å². The fraction of sp³-hybridized carbons (Fsp3) is 0.714. The topological polar surface area (TPSA) is 69.6 Å². The summed E-state index contributed by atoms with van der Waals surface area (Å²) < 4.78 is 27.2. The first-order chi connectivity index (χ1) is 9.92. The first-order valence-electron chi connectivity index (χ1n) is 7.32. The molecule has 2 heterocycles. The Labute approximate surface area is 131 Å². The van der Waals surface area contributed by atoms with Crippen LogP contribution in [-0.2, 0) is 10.0 Å². The molecule has 1 atom stereocenters. The third-order valence-electron chi connectivity index (χ3n) is 3.87. The third-order valence-corrected chi connectivity index (χ3v) is 6.55. The SMILES string of the molecule is Cc1cc(S(=O)(=O)NCCN2CCC[C@H](CO)C2)c(C)s1. The first-order valence-corrected chi connectivity index (χ1v) is 9.62. The highest BCUT2D eigenvalue weighted by Gasteiger charge is 2.21. The lowest BCUT2D eigenvalue weighted by Crippen LogP contribution is -2.41. The largest absolute Gasteiger partial charge is 0.396 e. The van der Waals surface area contributed by atoms with Gasteiger partial charge in [0.2, 0.25) is 10.0 Å². The molecule has 1 fully saturated rings. The van der Waals surface area contributed by atoms with Gasteiger partial charge in [0.15, 0.2) is 0 Å². The molecule has 0 bridgehead atoms. The van der Waals surface area contributed by atoms with Gasteiger partial charge in [-0.25, -0.2) is 13.1 Å². The van der Waals surface area contributed by atoms with Crippen molar-refractivity contribution in [3.63, 3.8) is 0 Å². The molecule has 0 unspecified atom stereocenters. The lowest BCUT2D eigenvalue weighted by molar-refractivity contribution is 0.122. The van der Waals surface area contributed by atoms with E-state index < -0.39 is 10.0 Å². The monoisotopic (exact) mass is 332 g/mol. The summed E-state index contributed by atoms with van der Waals surface area (Å²) in [6.45, 7) is 6.91. The number of nitrogens with zero attached hydrogens (tertiary/aromatic N) is 1. The van der Waals surface area contributed by atoms with Gasteiger partial charge in [0, 0.05) is 36.0 Å². The fourth-order valence-corrected chi connectivity index (χ4v) is 5.37. The number of rotatable bonds is 6. The Kier molecular flexibility index (Phi) is 5.79. The molecule has 1 aliphatic rings. The summed E-state index contributed by atoms with van der Waals surface area (Å²) in [5.41, 5.74) is 0. The number of sulfonamides is 1. The molecule has 0 radical (unpaired) electrons. The number of aliphatic hydroxyl groups is 1. The van der Waals surface area contributed by atoms with Crippen LogP contribution in [0.2, 0.25) is 0 Å². The number of nitrogens with one attached hydrogen (secondary N) is 1. The smallest absolute Gasteiger partial charge is 0.241 e. The van der Waals surface area contributed by atoms with E-state index in [4.69, 9.17) is 0 Å². The van der Waals surface area contributed by atoms with Crippen LogP contribution in [0.25, 0.3) is 0 Å². The van der Waals surface area contributed by atoms with Crippen LogP contribution in [0.4, 0.5) is 0 Å². The summed E-state index contributed by atoms with van der Waals surface area (Å²) in [4.78, 5) is 4.46. The molecule has 0 saturated carbocycles. The van der Waals surface area contributed by atoms with Gasteiger partial charge in [-0.2, -0.15) is 0 Å². The molecule has 1 aromatic heterocycles. The van der Waals surface area contributed by atoms with Gasteiger partial charge in [-0.3, -0.25) is 0 Å². The molecule has 21 heavy (non-hydrogen) atoms. The normalized spacial score (nSPS) is 20.8. The Morgan fingerprint density at radius 1 is 1.48 bits per heavy atom. The van der Waals surface area contributed by atoms with Gasteiger partial charge in [0.05, 0.1) is 4.90 Å². The third kappa shape index (κ3) is 4.50. The van der Waals surface area contributed by atoms with Gasteiger partial charge in [0.1, 0.15) is 0 Å². The molecule has 0 aliphatic carbocycles. The zero-order valence-corrected chi connectivity index (χ0v) is 14.3. The average molecular weight is 332 g/mol. The highest BCUT2D eigenvalue weighted by atomic mass is 32.2. The average Bonchev–Trinajstić information content (AvgIpc) is 2.78. The fourth-order valence-electron chi connectivity index (χ4n) is 2.79. The Morgan fingerprint density at radius 3 is 2.86 bits per heavy atom. The zero-order valence-electron chi connectivity index (χ0n) is 12.6. The Morgan fingerprint density at radius 2 is 2.24 bits per heavy atom. The van der Waals surface area contributed by atoms with Crippen LogP contribution in [0.1, 0.15) is 22.6 Å². The van der Waals surface area contributed by atoms with Crippen LogP contribution in [0, 0.1) is 19.8 Å². The molecule has 0 spiro atoms. The number of likely N-dealkylation sites (tertiary alicyclic amines) is 1. The molecule has 1 saturated heterocycles. The van der Waals surface area contributed by atoms with Crippen molar-refractivity contribution in [3.8, 4) is 0 Å². The molecular formula is C14H24N2O3S2. The summed E-state index contributed by atoms with van der Waals surface area (Å²) in [7, 11) is -3.41. The summed E-state index contributed by atoms with van der Waals surface area (Å²) in [5, 5.41) is 9.21. The van der Waals surface area contributed by atoms with Crippen LogP contribution < -0.4 is 4.72 Å². The van der Waals surface area contributed by atoms with Gasteiger partial charge < -0.3 is 10.0 Å². The summed E-state index contributed by atoms with van der Waals surface area (Å²) in [6, 6.07) is 1.73. The Hall–Kier alpha value is -0.470. The number of piperidine rings is 1. The van der Waals surface area contributed by atoms with Crippen LogP contribution in [-0.4, -0.2) is 51.2 Å². The molecule has 2 N–H and O–H groups in total. The summed E-state index contributed by atoms with van der Waals surface area (Å²) >= 11 is 1.50. The van der Waals surface area contributed by atoms with Gasteiger partial charge in [0.25, 0.3) is 0 Å². The Balaban J connectivity index is 1.86. The van der Waals surface area contributed by atoms with E-state index in [0.29, 0.717) is 23.9 Å². The number of thiophene rings is 1. The van der Waals surface area contributed by atoms with E-state index in [1.54, 1.807) is 6.07 Å². The van der Waals surface area contributed by atoms with Crippen molar-refractivity contribution in [2.75, 3.05) is 32.8 Å². The number of aliphatic hydroxyl groups excluding tert-OH is 1. The Bertz CT molecular complexity index is 569. The van der Waals surface area contributed by atoms with Crippen molar-refractivity contribution < 1.29 is 13.5 Å². The highest BCUT2D eigenvalue weighted by molar-refractivity contribution is 7.89. The predicted molar refractivity (Wildman–Crippen MR) is 85.2 cm³/mol. The van der Waals surface area contributed by atoms with E-state index in [2.05, 4.69) is 9.62 Å². The van der Waals surface area contributed by atoms with Crippen LogP contribution >= 0.6 is 11.3 Å². The molecule has 1 aliphatic heterocycles. The second-order valence-corrected chi connectivity index (χ2v) is 8.86.